The minimum Gasteiger partial charge on any atom is -0.328 e. The largest absolute Gasteiger partial charge is 0.328 e. The summed E-state index contributed by atoms with van der Waals surface area (Å²) in [5.74, 6) is 1.77. The monoisotopic (exact) mass is 212 g/mol. The van der Waals surface area contributed by atoms with Crippen molar-refractivity contribution in [2.75, 3.05) is 19.6 Å². The van der Waals surface area contributed by atoms with Crippen LogP contribution in [0.4, 0.5) is 0 Å². The zero-order valence-corrected chi connectivity index (χ0v) is 10.7. The Bertz CT molecular complexity index is 160. The van der Waals surface area contributed by atoms with Crippen LogP contribution in [-0.2, 0) is 0 Å². The second-order valence-corrected chi connectivity index (χ2v) is 5.52. The van der Waals surface area contributed by atoms with E-state index in [9.17, 15) is 0 Å². The third-order valence-corrected chi connectivity index (χ3v) is 3.52. The van der Waals surface area contributed by atoms with Crippen LogP contribution in [0.2, 0.25) is 0 Å². The lowest BCUT2D eigenvalue weighted by Gasteiger charge is -2.35. The van der Waals surface area contributed by atoms with Gasteiger partial charge in [-0.1, -0.05) is 20.8 Å². The van der Waals surface area contributed by atoms with Crippen molar-refractivity contribution in [1.29, 1.82) is 0 Å². The zero-order chi connectivity index (χ0) is 11.3. The van der Waals surface area contributed by atoms with E-state index in [4.69, 9.17) is 5.73 Å². The number of likely N-dealkylation sites (tertiary alicyclic amines) is 1. The Balaban J connectivity index is 2.15. The first-order valence-corrected chi connectivity index (χ1v) is 6.59. The maximum atomic E-state index is 5.92. The molecule has 2 heteroatoms. The van der Waals surface area contributed by atoms with Gasteiger partial charge < -0.3 is 10.6 Å². The van der Waals surface area contributed by atoms with Crippen LogP contribution < -0.4 is 5.73 Å². The molecule has 0 aliphatic carbocycles. The highest BCUT2D eigenvalue weighted by Crippen LogP contribution is 2.21. The van der Waals surface area contributed by atoms with Crippen molar-refractivity contribution < 1.29 is 0 Å². The van der Waals surface area contributed by atoms with Crippen molar-refractivity contribution >= 4 is 0 Å². The topological polar surface area (TPSA) is 29.3 Å². The molecule has 1 heterocycles. The number of nitrogens with zero attached hydrogens (tertiary/aromatic N) is 1. The molecular formula is C13H28N2. The molecule has 1 rings (SSSR count). The summed E-state index contributed by atoms with van der Waals surface area (Å²) in [7, 11) is 0. The average Bonchev–Trinajstić information content (AvgIpc) is 2.16. The second kappa shape index (κ2) is 6.49. The molecule has 0 amide bonds. The van der Waals surface area contributed by atoms with Crippen LogP contribution in [-0.4, -0.2) is 30.6 Å². The van der Waals surface area contributed by atoms with E-state index in [2.05, 4.69) is 25.7 Å². The molecule has 0 aromatic rings. The van der Waals surface area contributed by atoms with E-state index >= 15 is 0 Å². The Morgan fingerprint density at radius 1 is 1.27 bits per heavy atom. The highest BCUT2D eigenvalue weighted by Gasteiger charge is 2.21. The van der Waals surface area contributed by atoms with Gasteiger partial charge in [0.05, 0.1) is 0 Å². The SMILES string of the molecule is CCC(N)CCCN1CC(C)CC(C)C1. The molecule has 1 fully saturated rings. The first-order valence-electron chi connectivity index (χ1n) is 6.59. The van der Waals surface area contributed by atoms with Gasteiger partial charge in [0.1, 0.15) is 0 Å². The normalized spacial score (nSPS) is 30.4. The molecular weight excluding hydrogens is 184 g/mol. The van der Waals surface area contributed by atoms with E-state index in [0.717, 1.165) is 18.3 Å². The maximum absolute atomic E-state index is 5.92. The van der Waals surface area contributed by atoms with Crippen LogP contribution in [0, 0.1) is 11.8 Å². The summed E-state index contributed by atoms with van der Waals surface area (Å²) in [6.07, 6.45) is 4.99. The second-order valence-electron chi connectivity index (χ2n) is 5.52. The van der Waals surface area contributed by atoms with Gasteiger partial charge in [-0.15, -0.1) is 0 Å². The number of nitrogens with two attached hydrogens (primary N) is 1. The Hall–Kier alpha value is -0.0800. The molecule has 90 valence electrons. The van der Waals surface area contributed by atoms with Gasteiger partial charge in [-0.25, -0.2) is 0 Å². The van der Waals surface area contributed by atoms with E-state index in [1.165, 1.54) is 38.9 Å². The maximum Gasteiger partial charge on any atom is 0.00366 e. The molecule has 0 aromatic heterocycles. The summed E-state index contributed by atoms with van der Waals surface area (Å²) in [6, 6.07) is 0.421. The van der Waals surface area contributed by atoms with Crippen molar-refractivity contribution in [3.63, 3.8) is 0 Å². The molecule has 0 bridgehead atoms. The fourth-order valence-electron chi connectivity index (χ4n) is 2.76. The van der Waals surface area contributed by atoms with Crippen molar-refractivity contribution in [2.45, 2.75) is 52.5 Å². The lowest BCUT2D eigenvalue weighted by molar-refractivity contribution is 0.138. The fourth-order valence-corrected chi connectivity index (χ4v) is 2.76. The van der Waals surface area contributed by atoms with Crippen molar-refractivity contribution in [3.05, 3.63) is 0 Å². The smallest absolute Gasteiger partial charge is 0.00366 e. The predicted octanol–water partition coefficient (Wildman–Crippen LogP) is 2.48. The Morgan fingerprint density at radius 2 is 1.87 bits per heavy atom. The zero-order valence-electron chi connectivity index (χ0n) is 10.7. The molecule has 0 spiro atoms. The molecule has 1 aliphatic rings. The molecule has 0 saturated carbocycles. The average molecular weight is 212 g/mol. The predicted molar refractivity (Wildman–Crippen MR) is 66.9 cm³/mol. The van der Waals surface area contributed by atoms with E-state index in [0.29, 0.717) is 6.04 Å². The molecule has 1 saturated heterocycles. The molecule has 0 aromatic carbocycles. The van der Waals surface area contributed by atoms with Crippen LogP contribution in [0.1, 0.15) is 46.5 Å². The van der Waals surface area contributed by atoms with E-state index in [-0.39, 0.29) is 0 Å². The summed E-state index contributed by atoms with van der Waals surface area (Å²) in [5.41, 5.74) is 5.92. The quantitative estimate of drug-likeness (QED) is 0.758. The number of piperidine rings is 1. The van der Waals surface area contributed by atoms with Crippen LogP contribution in [0.5, 0.6) is 0 Å². The van der Waals surface area contributed by atoms with Crippen LogP contribution in [0.15, 0.2) is 0 Å². The number of hydrogen-bond donors (Lipinski definition) is 1. The number of rotatable bonds is 5. The lowest BCUT2D eigenvalue weighted by atomic mass is 9.92. The van der Waals surface area contributed by atoms with Crippen molar-refractivity contribution in [1.82, 2.24) is 4.90 Å². The molecule has 1 aliphatic heterocycles. The molecule has 0 radical (unpaired) electrons. The van der Waals surface area contributed by atoms with Crippen LogP contribution in [0.25, 0.3) is 0 Å². The summed E-state index contributed by atoms with van der Waals surface area (Å²) < 4.78 is 0. The summed E-state index contributed by atoms with van der Waals surface area (Å²) in [5, 5.41) is 0. The lowest BCUT2D eigenvalue weighted by Crippen LogP contribution is -2.39. The van der Waals surface area contributed by atoms with Gasteiger partial charge in [-0.2, -0.15) is 0 Å². The van der Waals surface area contributed by atoms with Gasteiger partial charge in [-0.3, -0.25) is 0 Å². The molecule has 3 unspecified atom stereocenters. The van der Waals surface area contributed by atoms with Crippen molar-refractivity contribution in [2.24, 2.45) is 17.6 Å². The van der Waals surface area contributed by atoms with Gasteiger partial charge in [0.25, 0.3) is 0 Å². The number of hydrogen-bond acceptors (Lipinski definition) is 2. The van der Waals surface area contributed by atoms with Crippen molar-refractivity contribution in [3.8, 4) is 0 Å². The van der Waals surface area contributed by atoms with Gasteiger partial charge in [0.2, 0.25) is 0 Å². The van der Waals surface area contributed by atoms with E-state index < -0.39 is 0 Å². The van der Waals surface area contributed by atoms with Gasteiger partial charge in [0, 0.05) is 19.1 Å². The summed E-state index contributed by atoms with van der Waals surface area (Å²) in [6.45, 7) is 10.8. The van der Waals surface area contributed by atoms with Gasteiger partial charge in [-0.05, 0) is 44.1 Å². The summed E-state index contributed by atoms with van der Waals surface area (Å²) in [4.78, 5) is 2.63. The van der Waals surface area contributed by atoms with E-state index in [1.54, 1.807) is 0 Å². The Labute approximate surface area is 95.2 Å². The standard InChI is InChI=1S/C13H28N2/c1-4-13(14)6-5-7-15-9-11(2)8-12(3)10-15/h11-13H,4-10,14H2,1-3H3. The first-order chi connectivity index (χ1) is 7.11. The highest BCUT2D eigenvalue weighted by atomic mass is 15.1. The van der Waals surface area contributed by atoms with Crippen LogP contribution >= 0.6 is 0 Å². The Kier molecular flexibility index (Phi) is 5.62. The van der Waals surface area contributed by atoms with Crippen LogP contribution in [0.3, 0.4) is 0 Å². The minimum atomic E-state index is 0.421. The van der Waals surface area contributed by atoms with Gasteiger partial charge in [0.15, 0.2) is 0 Å². The fraction of sp³-hybridized carbons (Fsp3) is 1.00. The molecule has 15 heavy (non-hydrogen) atoms. The third-order valence-electron chi connectivity index (χ3n) is 3.52. The summed E-state index contributed by atoms with van der Waals surface area (Å²) >= 11 is 0. The highest BCUT2D eigenvalue weighted by molar-refractivity contribution is 4.74. The third kappa shape index (κ3) is 4.98. The first kappa shape index (κ1) is 13.0. The van der Waals surface area contributed by atoms with E-state index in [1.807, 2.05) is 0 Å². The molecule has 2 N–H and O–H groups in total. The minimum absolute atomic E-state index is 0.421. The Morgan fingerprint density at radius 3 is 2.40 bits per heavy atom. The van der Waals surface area contributed by atoms with Gasteiger partial charge >= 0.3 is 0 Å². The molecule has 2 nitrogen and oxygen atoms in total. The molecule has 3 atom stereocenters.